The van der Waals surface area contributed by atoms with Crippen molar-refractivity contribution in [3.8, 4) is 39.1 Å². The normalized spacial score (nSPS) is 11.7. The summed E-state index contributed by atoms with van der Waals surface area (Å²) >= 11 is 0. The van der Waals surface area contributed by atoms with Gasteiger partial charge in [-0.1, -0.05) is 188 Å². The van der Waals surface area contributed by atoms with Crippen LogP contribution in [-0.2, 0) is 0 Å². The van der Waals surface area contributed by atoms with Gasteiger partial charge in [0.2, 0.25) is 0 Å². The SMILES string of the molecule is c1cc(-c2cccc3c2oc2ccccc23)cc(N(c2ccccc2-c2ccc3c(ccc4ccccc43)c2)c2ccccc2-c2ccccc2-n2c3ccccc3c3ccccc32)c1. The highest BCUT2D eigenvalue weighted by atomic mass is 16.3. The molecule has 0 saturated carbocycles. The molecular weight excluding hydrogens is 789 g/mol. The van der Waals surface area contributed by atoms with Gasteiger partial charge in [-0.25, -0.2) is 0 Å². The van der Waals surface area contributed by atoms with Crippen LogP contribution in [0.2, 0.25) is 0 Å². The molecule has 13 aromatic rings. The van der Waals surface area contributed by atoms with Crippen LogP contribution in [0, 0.1) is 0 Å². The number of aromatic nitrogens is 1. The van der Waals surface area contributed by atoms with Gasteiger partial charge in [-0.2, -0.15) is 0 Å². The van der Waals surface area contributed by atoms with Crippen molar-refractivity contribution in [1.82, 2.24) is 4.57 Å². The van der Waals surface area contributed by atoms with Gasteiger partial charge in [0, 0.05) is 49.5 Å². The molecule has 0 spiro atoms. The summed E-state index contributed by atoms with van der Waals surface area (Å²) in [7, 11) is 0. The number of furan rings is 1. The number of hydrogen-bond donors (Lipinski definition) is 0. The van der Waals surface area contributed by atoms with Crippen LogP contribution in [0.5, 0.6) is 0 Å². The number of fused-ring (bicyclic) bond motifs is 9. The third-order valence-electron chi connectivity index (χ3n) is 13.2. The first-order valence-electron chi connectivity index (χ1n) is 22.3. The van der Waals surface area contributed by atoms with Crippen molar-refractivity contribution in [2.45, 2.75) is 0 Å². The maximum absolute atomic E-state index is 6.62. The summed E-state index contributed by atoms with van der Waals surface area (Å²) in [5, 5.41) is 9.68. The van der Waals surface area contributed by atoms with Crippen LogP contribution >= 0.6 is 0 Å². The molecule has 0 fully saturated rings. The molecule has 0 amide bonds. The molecule has 0 atom stereocenters. The van der Waals surface area contributed by atoms with E-state index < -0.39 is 0 Å². The summed E-state index contributed by atoms with van der Waals surface area (Å²) in [6.45, 7) is 0. The Balaban J connectivity index is 1.05. The van der Waals surface area contributed by atoms with Crippen molar-refractivity contribution in [3.63, 3.8) is 0 Å². The summed E-state index contributed by atoms with van der Waals surface area (Å²) in [4.78, 5) is 2.46. The second-order valence-corrected chi connectivity index (χ2v) is 16.8. The van der Waals surface area contributed by atoms with Gasteiger partial charge >= 0.3 is 0 Å². The first-order chi connectivity index (χ1) is 32.3. The highest BCUT2D eigenvalue weighted by molar-refractivity contribution is 6.12. The number of para-hydroxylation sites is 7. The fourth-order valence-electron chi connectivity index (χ4n) is 10.3. The molecule has 2 aromatic heterocycles. The Morgan fingerprint density at radius 3 is 1.69 bits per heavy atom. The number of anilines is 3. The largest absolute Gasteiger partial charge is 0.455 e. The van der Waals surface area contributed by atoms with Crippen molar-refractivity contribution >= 4 is 82.4 Å². The second kappa shape index (κ2) is 15.0. The van der Waals surface area contributed by atoms with E-state index in [1.165, 1.54) is 43.4 Å². The van der Waals surface area contributed by atoms with Crippen LogP contribution in [0.3, 0.4) is 0 Å². The molecule has 0 saturated heterocycles. The third-order valence-corrected chi connectivity index (χ3v) is 13.2. The van der Waals surface area contributed by atoms with Gasteiger partial charge in [-0.05, 0) is 87.3 Å². The average Bonchev–Trinajstić information content (AvgIpc) is 3.93. The molecule has 0 aliphatic heterocycles. The van der Waals surface area contributed by atoms with Crippen molar-refractivity contribution < 1.29 is 4.42 Å². The molecule has 3 nitrogen and oxygen atoms in total. The van der Waals surface area contributed by atoms with E-state index in [1.807, 2.05) is 6.07 Å². The van der Waals surface area contributed by atoms with Crippen molar-refractivity contribution in [2.24, 2.45) is 0 Å². The molecule has 0 unspecified atom stereocenters. The Labute approximate surface area is 376 Å². The smallest absolute Gasteiger partial charge is 0.143 e. The Bertz CT molecular complexity index is 3930. The molecule has 0 radical (unpaired) electrons. The lowest BCUT2D eigenvalue weighted by molar-refractivity contribution is 0.670. The van der Waals surface area contributed by atoms with Crippen LogP contribution in [0.25, 0.3) is 104 Å². The predicted octanol–water partition coefficient (Wildman–Crippen LogP) is 17.5. The lowest BCUT2D eigenvalue weighted by Gasteiger charge is -2.30. The van der Waals surface area contributed by atoms with Crippen molar-refractivity contribution in [3.05, 3.63) is 243 Å². The number of benzene rings is 11. The number of rotatable bonds is 7. The van der Waals surface area contributed by atoms with Crippen molar-refractivity contribution in [2.75, 3.05) is 4.90 Å². The second-order valence-electron chi connectivity index (χ2n) is 16.8. The van der Waals surface area contributed by atoms with Crippen LogP contribution in [0.1, 0.15) is 0 Å². The van der Waals surface area contributed by atoms with E-state index >= 15 is 0 Å². The maximum atomic E-state index is 6.62. The standard InChI is InChI=1S/C62H40N2O/c1-2-20-46-41(17-1)35-36-43-39-44(37-38-47(43)46)48-21-3-9-29-56(48)63(45-19-15-18-42(40-45)49-27-16-28-55-54-26-8-14-34-61(54)65-62(49)55)57-30-10-4-22-50(57)51-23-5-11-31-58(51)64-59-32-12-6-24-52(59)53-25-7-13-33-60(53)64/h1-40H. The van der Waals surface area contributed by atoms with Gasteiger partial charge in [0.15, 0.2) is 0 Å². The molecule has 3 heteroatoms. The molecule has 2 heterocycles. The molecule has 304 valence electrons. The van der Waals surface area contributed by atoms with Crippen molar-refractivity contribution in [1.29, 1.82) is 0 Å². The van der Waals surface area contributed by atoms with E-state index in [9.17, 15) is 0 Å². The summed E-state index contributed by atoms with van der Waals surface area (Å²) in [6.07, 6.45) is 0. The van der Waals surface area contributed by atoms with E-state index in [1.54, 1.807) is 0 Å². The first kappa shape index (κ1) is 36.9. The molecular formula is C62H40N2O. The lowest BCUT2D eigenvalue weighted by Crippen LogP contribution is -2.13. The molecule has 11 aromatic carbocycles. The highest BCUT2D eigenvalue weighted by Gasteiger charge is 2.24. The van der Waals surface area contributed by atoms with Gasteiger partial charge in [0.1, 0.15) is 11.2 Å². The topological polar surface area (TPSA) is 21.3 Å². The van der Waals surface area contributed by atoms with Gasteiger partial charge in [-0.3, -0.25) is 0 Å². The monoisotopic (exact) mass is 828 g/mol. The van der Waals surface area contributed by atoms with Gasteiger partial charge in [0.25, 0.3) is 0 Å². The van der Waals surface area contributed by atoms with Crippen LogP contribution in [0.4, 0.5) is 17.1 Å². The number of nitrogens with zero attached hydrogens (tertiary/aromatic N) is 2. The van der Waals surface area contributed by atoms with E-state index in [0.29, 0.717) is 0 Å². The fraction of sp³-hybridized carbons (Fsp3) is 0. The molecule has 0 aliphatic rings. The molecule has 13 rings (SSSR count). The zero-order valence-electron chi connectivity index (χ0n) is 35.4. The zero-order valence-corrected chi connectivity index (χ0v) is 35.4. The summed E-state index contributed by atoms with van der Waals surface area (Å²) in [6, 6.07) is 87.9. The Morgan fingerprint density at radius 1 is 0.323 bits per heavy atom. The van der Waals surface area contributed by atoms with Gasteiger partial charge < -0.3 is 13.9 Å². The molecule has 0 aliphatic carbocycles. The summed E-state index contributed by atoms with van der Waals surface area (Å²) in [5.41, 5.74) is 15.1. The number of hydrogen-bond acceptors (Lipinski definition) is 2. The summed E-state index contributed by atoms with van der Waals surface area (Å²) in [5.74, 6) is 0. The molecule has 65 heavy (non-hydrogen) atoms. The van der Waals surface area contributed by atoms with Gasteiger partial charge in [0.05, 0.1) is 28.1 Å². The van der Waals surface area contributed by atoms with E-state index in [-0.39, 0.29) is 0 Å². The van der Waals surface area contributed by atoms with Crippen LogP contribution in [-0.4, -0.2) is 4.57 Å². The zero-order chi connectivity index (χ0) is 42.8. The minimum Gasteiger partial charge on any atom is -0.455 e. The Kier molecular flexibility index (Phi) is 8.53. The Hall–Kier alpha value is -8.66. The maximum Gasteiger partial charge on any atom is 0.143 e. The van der Waals surface area contributed by atoms with E-state index in [0.717, 1.165) is 78.1 Å². The van der Waals surface area contributed by atoms with Crippen LogP contribution < -0.4 is 4.90 Å². The highest BCUT2D eigenvalue weighted by Crippen LogP contribution is 2.48. The van der Waals surface area contributed by atoms with E-state index in [4.69, 9.17) is 4.42 Å². The third kappa shape index (κ3) is 5.97. The quantitative estimate of drug-likeness (QED) is 0.149. The summed E-state index contributed by atoms with van der Waals surface area (Å²) < 4.78 is 9.05. The first-order valence-corrected chi connectivity index (χ1v) is 22.3. The van der Waals surface area contributed by atoms with E-state index in [2.05, 4.69) is 246 Å². The molecule has 0 bridgehead atoms. The van der Waals surface area contributed by atoms with Gasteiger partial charge in [-0.15, -0.1) is 0 Å². The predicted molar refractivity (Wildman–Crippen MR) is 274 cm³/mol. The Morgan fingerprint density at radius 2 is 0.877 bits per heavy atom. The van der Waals surface area contributed by atoms with Crippen LogP contribution in [0.15, 0.2) is 247 Å². The fourth-order valence-corrected chi connectivity index (χ4v) is 10.3. The lowest BCUT2D eigenvalue weighted by atomic mass is 9.95. The minimum atomic E-state index is 0.890. The minimum absolute atomic E-state index is 0.890. The average molecular weight is 829 g/mol. The molecule has 0 N–H and O–H groups in total.